The van der Waals surface area contributed by atoms with Crippen LogP contribution in [0.3, 0.4) is 0 Å². The zero-order valence-electron chi connectivity index (χ0n) is 14.7. The maximum atomic E-state index is 12.4. The first-order valence-corrected chi connectivity index (χ1v) is 8.59. The van der Waals surface area contributed by atoms with Crippen molar-refractivity contribution >= 4 is 17.8 Å². The number of hydrogen-bond acceptors (Lipinski definition) is 3. The van der Waals surface area contributed by atoms with Gasteiger partial charge in [0, 0.05) is 24.7 Å². The molecule has 0 aliphatic carbocycles. The SMILES string of the molecule is CC(C)[C@@H](NC(=O)NC1CCN(C(=O)c2ccccc2)CC1)C(N)=O. The molecule has 7 nitrogen and oxygen atoms in total. The van der Waals surface area contributed by atoms with E-state index < -0.39 is 18.0 Å². The molecule has 1 fully saturated rings. The Balaban J connectivity index is 1.81. The lowest BCUT2D eigenvalue weighted by molar-refractivity contribution is -0.120. The van der Waals surface area contributed by atoms with E-state index in [9.17, 15) is 14.4 Å². The number of nitrogens with one attached hydrogen (secondary N) is 2. The number of benzene rings is 1. The van der Waals surface area contributed by atoms with E-state index in [1.54, 1.807) is 17.0 Å². The molecule has 4 N–H and O–H groups in total. The smallest absolute Gasteiger partial charge is 0.315 e. The second kappa shape index (κ2) is 8.50. The molecule has 1 atom stereocenters. The van der Waals surface area contributed by atoms with Crippen LogP contribution in [0, 0.1) is 5.92 Å². The highest BCUT2D eigenvalue weighted by atomic mass is 16.2. The summed E-state index contributed by atoms with van der Waals surface area (Å²) in [6.45, 7) is 4.82. The molecule has 0 bridgehead atoms. The quantitative estimate of drug-likeness (QED) is 0.743. The molecular weight excluding hydrogens is 320 g/mol. The van der Waals surface area contributed by atoms with Crippen LogP contribution in [0.1, 0.15) is 37.0 Å². The standard InChI is InChI=1S/C18H26N4O3/c1-12(2)15(16(19)23)21-18(25)20-14-8-10-22(11-9-14)17(24)13-6-4-3-5-7-13/h3-7,12,14-15H,8-11H2,1-2H3,(H2,19,23)(H2,20,21,25)/t15-/m1/s1. The number of primary amides is 1. The fourth-order valence-electron chi connectivity index (χ4n) is 2.92. The van der Waals surface area contributed by atoms with Gasteiger partial charge < -0.3 is 21.3 Å². The average Bonchev–Trinajstić information content (AvgIpc) is 2.60. The van der Waals surface area contributed by atoms with Gasteiger partial charge >= 0.3 is 6.03 Å². The Morgan fingerprint density at radius 1 is 1.12 bits per heavy atom. The lowest BCUT2D eigenvalue weighted by atomic mass is 10.0. The average molecular weight is 346 g/mol. The van der Waals surface area contributed by atoms with Gasteiger partial charge in [-0.25, -0.2) is 4.79 Å². The van der Waals surface area contributed by atoms with Gasteiger partial charge in [-0.05, 0) is 30.9 Å². The zero-order valence-corrected chi connectivity index (χ0v) is 14.7. The molecule has 0 radical (unpaired) electrons. The maximum absolute atomic E-state index is 12.4. The van der Waals surface area contributed by atoms with Gasteiger partial charge in [0.05, 0.1) is 0 Å². The van der Waals surface area contributed by atoms with Crippen LogP contribution in [-0.4, -0.2) is 47.9 Å². The van der Waals surface area contributed by atoms with E-state index in [-0.39, 0.29) is 17.9 Å². The number of hydrogen-bond donors (Lipinski definition) is 3. The number of carbonyl (C=O) groups excluding carboxylic acids is 3. The van der Waals surface area contributed by atoms with E-state index in [0.717, 1.165) is 0 Å². The summed E-state index contributed by atoms with van der Waals surface area (Å²) in [5, 5.41) is 5.48. The highest BCUT2D eigenvalue weighted by molar-refractivity contribution is 5.94. The second-order valence-corrected chi connectivity index (χ2v) is 6.67. The van der Waals surface area contributed by atoms with Crippen molar-refractivity contribution in [2.75, 3.05) is 13.1 Å². The maximum Gasteiger partial charge on any atom is 0.315 e. The molecule has 0 unspecified atom stereocenters. The van der Waals surface area contributed by atoms with E-state index in [1.165, 1.54) is 0 Å². The van der Waals surface area contributed by atoms with Gasteiger partial charge in [0.1, 0.15) is 6.04 Å². The molecular formula is C18H26N4O3. The summed E-state index contributed by atoms with van der Waals surface area (Å²) in [7, 11) is 0. The first-order valence-electron chi connectivity index (χ1n) is 8.59. The van der Waals surface area contributed by atoms with Gasteiger partial charge in [0.15, 0.2) is 0 Å². The Hall–Kier alpha value is -2.57. The molecule has 7 heteroatoms. The summed E-state index contributed by atoms with van der Waals surface area (Å²) in [4.78, 5) is 37.6. The lowest BCUT2D eigenvalue weighted by Crippen LogP contribution is -2.54. The molecule has 0 spiro atoms. The third-order valence-electron chi connectivity index (χ3n) is 4.40. The number of piperidine rings is 1. The van der Waals surface area contributed by atoms with Crippen molar-refractivity contribution in [3.63, 3.8) is 0 Å². The molecule has 0 aromatic heterocycles. The molecule has 1 aliphatic heterocycles. The van der Waals surface area contributed by atoms with Crippen molar-refractivity contribution in [3.8, 4) is 0 Å². The minimum absolute atomic E-state index is 0.0112. The largest absolute Gasteiger partial charge is 0.368 e. The van der Waals surface area contributed by atoms with Crippen LogP contribution in [0.4, 0.5) is 4.79 Å². The van der Waals surface area contributed by atoms with Crippen LogP contribution >= 0.6 is 0 Å². The lowest BCUT2D eigenvalue weighted by Gasteiger charge is -2.33. The highest BCUT2D eigenvalue weighted by Crippen LogP contribution is 2.14. The number of rotatable bonds is 5. The molecule has 1 saturated heterocycles. The summed E-state index contributed by atoms with van der Waals surface area (Å²) in [6, 6.07) is 8.05. The Morgan fingerprint density at radius 3 is 2.24 bits per heavy atom. The van der Waals surface area contributed by atoms with E-state index in [4.69, 9.17) is 5.73 Å². The van der Waals surface area contributed by atoms with Crippen LogP contribution in [0.5, 0.6) is 0 Å². The molecule has 1 heterocycles. The normalized spacial score (nSPS) is 16.4. The van der Waals surface area contributed by atoms with Crippen molar-refractivity contribution in [2.24, 2.45) is 11.7 Å². The fraction of sp³-hybridized carbons (Fsp3) is 0.500. The Morgan fingerprint density at radius 2 is 1.72 bits per heavy atom. The first-order chi connectivity index (χ1) is 11.9. The van der Waals surface area contributed by atoms with E-state index in [2.05, 4.69) is 10.6 Å². The van der Waals surface area contributed by atoms with Crippen LogP contribution in [0.15, 0.2) is 30.3 Å². The van der Waals surface area contributed by atoms with Gasteiger partial charge in [-0.2, -0.15) is 0 Å². The molecule has 25 heavy (non-hydrogen) atoms. The summed E-state index contributed by atoms with van der Waals surface area (Å²) in [6.07, 6.45) is 1.35. The van der Waals surface area contributed by atoms with Gasteiger partial charge in [0.2, 0.25) is 5.91 Å². The number of nitrogens with two attached hydrogens (primary N) is 1. The predicted molar refractivity (Wildman–Crippen MR) is 94.9 cm³/mol. The zero-order chi connectivity index (χ0) is 18.4. The summed E-state index contributed by atoms with van der Waals surface area (Å²) < 4.78 is 0. The molecule has 136 valence electrons. The van der Waals surface area contributed by atoms with Crippen LogP contribution in [0.25, 0.3) is 0 Å². The molecule has 4 amide bonds. The van der Waals surface area contributed by atoms with Gasteiger partial charge in [0.25, 0.3) is 5.91 Å². The Kier molecular flexibility index (Phi) is 6.38. The molecule has 1 aromatic carbocycles. The van der Waals surface area contributed by atoms with E-state index in [1.807, 2.05) is 32.0 Å². The molecule has 1 aromatic rings. The topological polar surface area (TPSA) is 105 Å². The van der Waals surface area contributed by atoms with Crippen LogP contribution < -0.4 is 16.4 Å². The minimum Gasteiger partial charge on any atom is -0.368 e. The summed E-state index contributed by atoms with van der Waals surface area (Å²) in [5.74, 6) is -0.612. The number of amides is 4. The number of nitrogens with zero attached hydrogens (tertiary/aromatic N) is 1. The van der Waals surface area contributed by atoms with Crippen LogP contribution in [0.2, 0.25) is 0 Å². The summed E-state index contributed by atoms with van der Waals surface area (Å²) >= 11 is 0. The molecule has 2 rings (SSSR count). The number of urea groups is 1. The van der Waals surface area contributed by atoms with Crippen molar-refractivity contribution in [1.29, 1.82) is 0 Å². The van der Waals surface area contributed by atoms with Gasteiger partial charge in [-0.1, -0.05) is 32.0 Å². The van der Waals surface area contributed by atoms with Crippen LogP contribution in [-0.2, 0) is 4.79 Å². The highest BCUT2D eigenvalue weighted by Gasteiger charge is 2.26. The minimum atomic E-state index is -0.695. The molecule has 1 aliphatic rings. The number of likely N-dealkylation sites (tertiary alicyclic amines) is 1. The Labute approximate surface area is 147 Å². The second-order valence-electron chi connectivity index (χ2n) is 6.67. The van der Waals surface area contributed by atoms with E-state index >= 15 is 0 Å². The summed E-state index contributed by atoms with van der Waals surface area (Å²) in [5.41, 5.74) is 5.97. The van der Waals surface area contributed by atoms with Gasteiger partial charge in [-0.3, -0.25) is 9.59 Å². The monoisotopic (exact) mass is 346 g/mol. The number of carbonyl (C=O) groups is 3. The van der Waals surface area contributed by atoms with Crippen molar-refractivity contribution < 1.29 is 14.4 Å². The van der Waals surface area contributed by atoms with Gasteiger partial charge in [-0.15, -0.1) is 0 Å². The third kappa shape index (κ3) is 5.20. The first kappa shape index (κ1) is 18.8. The fourth-order valence-corrected chi connectivity index (χ4v) is 2.92. The molecule has 0 saturated carbocycles. The predicted octanol–water partition coefficient (Wildman–Crippen LogP) is 1.10. The van der Waals surface area contributed by atoms with E-state index in [0.29, 0.717) is 31.5 Å². The third-order valence-corrected chi connectivity index (χ3v) is 4.40. The Bertz CT molecular complexity index is 610. The van der Waals surface area contributed by atoms with Crippen molar-refractivity contribution in [1.82, 2.24) is 15.5 Å². The van der Waals surface area contributed by atoms with Crippen molar-refractivity contribution in [3.05, 3.63) is 35.9 Å². The van der Waals surface area contributed by atoms with Crippen molar-refractivity contribution in [2.45, 2.75) is 38.8 Å².